The van der Waals surface area contributed by atoms with E-state index < -0.39 is 0 Å². The fraction of sp³-hybridized carbons (Fsp3) is 0.312. The van der Waals surface area contributed by atoms with Crippen LogP contribution in [0.2, 0.25) is 0 Å². The SMILES string of the molecule is COc1ccc(CCNC(=O)Cc2csc(NC(C)=O)n2)cc1. The zero-order chi connectivity index (χ0) is 16.7. The number of ether oxygens (including phenoxy) is 1. The van der Waals surface area contributed by atoms with E-state index in [0.29, 0.717) is 17.4 Å². The Bertz CT molecular complexity index is 667. The van der Waals surface area contributed by atoms with Crippen LogP contribution >= 0.6 is 11.3 Å². The van der Waals surface area contributed by atoms with Gasteiger partial charge in [-0.15, -0.1) is 11.3 Å². The van der Waals surface area contributed by atoms with E-state index in [4.69, 9.17) is 4.74 Å². The molecule has 0 unspecified atom stereocenters. The van der Waals surface area contributed by atoms with Crippen molar-refractivity contribution in [2.24, 2.45) is 0 Å². The second kappa shape index (κ2) is 8.28. The maximum Gasteiger partial charge on any atom is 0.226 e. The van der Waals surface area contributed by atoms with Gasteiger partial charge in [0.05, 0.1) is 19.2 Å². The number of rotatable bonds is 7. The van der Waals surface area contributed by atoms with Gasteiger partial charge in [0.2, 0.25) is 11.8 Å². The first-order valence-corrected chi connectivity index (χ1v) is 8.06. The molecule has 0 atom stereocenters. The molecule has 0 saturated heterocycles. The molecule has 0 aliphatic rings. The van der Waals surface area contributed by atoms with E-state index in [-0.39, 0.29) is 18.2 Å². The molecule has 1 aromatic carbocycles. The number of hydrogen-bond acceptors (Lipinski definition) is 5. The highest BCUT2D eigenvalue weighted by molar-refractivity contribution is 7.13. The number of nitrogens with one attached hydrogen (secondary N) is 2. The maximum absolute atomic E-state index is 11.9. The van der Waals surface area contributed by atoms with Gasteiger partial charge in [-0.2, -0.15) is 0 Å². The Morgan fingerprint density at radius 2 is 2.00 bits per heavy atom. The number of hydrogen-bond donors (Lipinski definition) is 2. The van der Waals surface area contributed by atoms with Crippen molar-refractivity contribution in [2.75, 3.05) is 19.0 Å². The number of anilines is 1. The molecule has 1 aromatic heterocycles. The Morgan fingerprint density at radius 3 is 2.65 bits per heavy atom. The zero-order valence-electron chi connectivity index (χ0n) is 13.1. The Labute approximate surface area is 138 Å². The summed E-state index contributed by atoms with van der Waals surface area (Å²) in [6.45, 7) is 1.99. The van der Waals surface area contributed by atoms with E-state index in [2.05, 4.69) is 15.6 Å². The first-order chi connectivity index (χ1) is 11.1. The summed E-state index contributed by atoms with van der Waals surface area (Å²) in [5.74, 6) is 0.560. The van der Waals surface area contributed by atoms with Gasteiger partial charge in [0, 0.05) is 18.8 Å². The van der Waals surface area contributed by atoms with Crippen molar-refractivity contribution in [1.29, 1.82) is 0 Å². The monoisotopic (exact) mass is 333 g/mol. The van der Waals surface area contributed by atoms with Crippen LogP contribution in [0.5, 0.6) is 5.75 Å². The molecule has 2 amide bonds. The lowest BCUT2D eigenvalue weighted by molar-refractivity contribution is -0.120. The van der Waals surface area contributed by atoms with E-state index in [1.165, 1.54) is 18.3 Å². The molecular weight excluding hydrogens is 314 g/mol. The largest absolute Gasteiger partial charge is 0.497 e. The molecule has 0 radical (unpaired) electrons. The molecule has 0 fully saturated rings. The van der Waals surface area contributed by atoms with Crippen molar-refractivity contribution in [3.8, 4) is 5.75 Å². The summed E-state index contributed by atoms with van der Waals surface area (Å²) in [7, 11) is 1.63. The van der Waals surface area contributed by atoms with Crippen molar-refractivity contribution in [1.82, 2.24) is 10.3 Å². The number of amides is 2. The zero-order valence-corrected chi connectivity index (χ0v) is 13.9. The van der Waals surface area contributed by atoms with Gasteiger partial charge in [0.1, 0.15) is 5.75 Å². The number of carbonyl (C=O) groups excluding carboxylic acids is 2. The highest BCUT2D eigenvalue weighted by atomic mass is 32.1. The molecule has 2 rings (SSSR count). The summed E-state index contributed by atoms with van der Waals surface area (Å²) in [5.41, 5.74) is 1.79. The first-order valence-electron chi connectivity index (χ1n) is 7.18. The van der Waals surface area contributed by atoms with Crippen molar-refractivity contribution >= 4 is 28.3 Å². The van der Waals surface area contributed by atoms with Gasteiger partial charge in [0.15, 0.2) is 5.13 Å². The molecule has 1 heterocycles. The molecule has 0 aliphatic heterocycles. The standard InChI is InChI=1S/C16H19N3O3S/c1-11(20)18-16-19-13(10-23-16)9-15(21)17-8-7-12-3-5-14(22-2)6-4-12/h3-6,10H,7-9H2,1-2H3,(H,17,21)(H,18,19,20). The highest BCUT2D eigenvalue weighted by Gasteiger charge is 2.08. The van der Waals surface area contributed by atoms with Gasteiger partial charge in [-0.3, -0.25) is 9.59 Å². The molecular formula is C16H19N3O3S. The lowest BCUT2D eigenvalue weighted by Gasteiger charge is -2.05. The predicted molar refractivity (Wildman–Crippen MR) is 89.8 cm³/mol. The fourth-order valence-corrected chi connectivity index (χ4v) is 2.72. The number of benzene rings is 1. The summed E-state index contributed by atoms with van der Waals surface area (Å²) in [4.78, 5) is 27.0. The minimum Gasteiger partial charge on any atom is -0.497 e. The topological polar surface area (TPSA) is 80.3 Å². The third-order valence-electron chi connectivity index (χ3n) is 3.07. The molecule has 7 heteroatoms. The van der Waals surface area contributed by atoms with Crippen LogP contribution in [0.15, 0.2) is 29.6 Å². The number of aromatic nitrogens is 1. The maximum atomic E-state index is 11.9. The third kappa shape index (κ3) is 5.71. The number of nitrogens with zero attached hydrogens (tertiary/aromatic N) is 1. The summed E-state index contributed by atoms with van der Waals surface area (Å²) in [6, 6.07) is 7.75. The second-order valence-electron chi connectivity index (χ2n) is 4.95. The second-order valence-corrected chi connectivity index (χ2v) is 5.81. The van der Waals surface area contributed by atoms with E-state index in [1.807, 2.05) is 24.3 Å². The minimum atomic E-state index is -0.171. The molecule has 122 valence electrons. The summed E-state index contributed by atoms with van der Waals surface area (Å²) < 4.78 is 5.10. The smallest absolute Gasteiger partial charge is 0.226 e. The first kappa shape index (κ1) is 17.0. The van der Waals surface area contributed by atoms with Crippen LogP contribution in [0, 0.1) is 0 Å². The molecule has 2 aromatic rings. The lowest BCUT2D eigenvalue weighted by Crippen LogP contribution is -2.27. The predicted octanol–water partition coefficient (Wildman–Crippen LogP) is 2.01. The average Bonchev–Trinajstić information content (AvgIpc) is 2.94. The summed E-state index contributed by atoms with van der Waals surface area (Å²) in [6.07, 6.45) is 0.961. The van der Waals surface area contributed by atoms with Crippen LogP contribution in [0.1, 0.15) is 18.2 Å². The molecule has 2 N–H and O–H groups in total. The molecule has 0 bridgehead atoms. The van der Waals surface area contributed by atoms with Gasteiger partial charge >= 0.3 is 0 Å². The average molecular weight is 333 g/mol. The molecule has 0 aliphatic carbocycles. The summed E-state index contributed by atoms with van der Waals surface area (Å²) >= 11 is 1.31. The van der Waals surface area contributed by atoms with Crippen LogP contribution < -0.4 is 15.4 Å². The normalized spacial score (nSPS) is 10.2. The van der Waals surface area contributed by atoms with Gasteiger partial charge in [-0.25, -0.2) is 4.98 Å². The van der Waals surface area contributed by atoms with Crippen LogP contribution in [-0.2, 0) is 22.4 Å². The molecule has 0 spiro atoms. The molecule has 0 saturated carbocycles. The lowest BCUT2D eigenvalue weighted by atomic mass is 10.1. The number of thiazole rings is 1. The van der Waals surface area contributed by atoms with Crippen molar-refractivity contribution in [2.45, 2.75) is 19.8 Å². The Kier molecular flexibility index (Phi) is 6.10. The Hall–Kier alpha value is -2.41. The van der Waals surface area contributed by atoms with E-state index in [0.717, 1.165) is 17.7 Å². The van der Waals surface area contributed by atoms with Crippen LogP contribution in [0.3, 0.4) is 0 Å². The van der Waals surface area contributed by atoms with Gasteiger partial charge in [-0.1, -0.05) is 12.1 Å². The van der Waals surface area contributed by atoms with Crippen LogP contribution in [0.25, 0.3) is 0 Å². The number of methoxy groups -OCH3 is 1. The highest BCUT2D eigenvalue weighted by Crippen LogP contribution is 2.15. The van der Waals surface area contributed by atoms with E-state index in [1.54, 1.807) is 12.5 Å². The van der Waals surface area contributed by atoms with E-state index >= 15 is 0 Å². The molecule has 6 nitrogen and oxygen atoms in total. The summed E-state index contributed by atoms with van der Waals surface area (Å²) in [5, 5.41) is 7.75. The fourth-order valence-electron chi connectivity index (χ4n) is 1.96. The number of carbonyl (C=O) groups is 2. The Balaban J connectivity index is 1.74. The third-order valence-corrected chi connectivity index (χ3v) is 3.88. The van der Waals surface area contributed by atoms with Gasteiger partial charge < -0.3 is 15.4 Å². The van der Waals surface area contributed by atoms with Gasteiger partial charge in [0.25, 0.3) is 0 Å². The Morgan fingerprint density at radius 1 is 1.26 bits per heavy atom. The van der Waals surface area contributed by atoms with Crippen molar-refractivity contribution < 1.29 is 14.3 Å². The van der Waals surface area contributed by atoms with Crippen LogP contribution in [0.4, 0.5) is 5.13 Å². The minimum absolute atomic E-state index is 0.0850. The van der Waals surface area contributed by atoms with E-state index in [9.17, 15) is 9.59 Å². The van der Waals surface area contributed by atoms with Crippen molar-refractivity contribution in [3.63, 3.8) is 0 Å². The van der Waals surface area contributed by atoms with Gasteiger partial charge in [-0.05, 0) is 24.1 Å². The van der Waals surface area contributed by atoms with Crippen molar-refractivity contribution in [3.05, 3.63) is 40.9 Å². The quantitative estimate of drug-likeness (QED) is 0.812. The van der Waals surface area contributed by atoms with Crippen LogP contribution in [-0.4, -0.2) is 30.5 Å². The molecule has 23 heavy (non-hydrogen) atoms.